The Morgan fingerprint density at radius 1 is 1.31 bits per heavy atom. The zero-order valence-electron chi connectivity index (χ0n) is 9.82. The molecule has 0 radical (unpaired) electrons. The lowest BCUT2D eigenvalue weighted by molar-refractivity contribution is 0.224. The molecule has 0 spiro atoms. The summed E-state index contributed by atoms with van der Waals surface area (Å²) in [6, 6.07) is 7.19. The maximum atomic E-state index is 11.4. The van der Waals surface area contributed by atoms with E-state index in [4.69, 9.17) is 5.73 Å². The number of nitrogens with two attached hydrogens (primary N) is 1. The molecule has 0 bridgehead atoms. The Bertz CT molecular complexity index is 346. The van der Waals surface area contributed by atoms with Gasteiger partial charge in [0, 0.05) is 25.8 Å². The van der Waals surface area contributed by atoms with E-state index in [0.29, 0.717) is 0 Å². The molecule has 1 unspecified atom stereocenters. The molecule has 16 heavy (non-hydrogen) atoms. The standard InChI is InChI=1S/C11H18N4O/c1-8(12)9-4-6-10(7-5-9)13-11(16)14-15(2)3/h4-8H,12H2,1-3H3,(H2,13,14,16). The fraction of sp³-hybridized carbons (Fsp3) is 0.364. The van der Waals surface area contributed by atoms with Crippen LogP contribution in [0.15, 0.2) is 24.3 Å². The first-order valence-electron chi connectivity index (χ1n) is 5.09. The largest absolute Gasteiger partial charge is 0.333 e. The van der Waals surface area contributed by atoms with E-state index in [1.165, 1.54) is 0 Å². The molecule has 1 aromatic rings. The second-order valence-electron chi connectivity index (χ2n) is 3.87. The van der Waals surface area contributed by atoms with Crippen molar-refractivity contribution in [1.29, 1.82) is 0 Å². The van der Waals surface area contributed by atoms with Crippen molar-refractivity contribution in [3.8, 4) is 0 Å². The molecule has 0 saturated heterocycles. The summed E-state index contributed by atoms with van der Waals surface area (Å²) in [6.07, 6.45) is 0. The number of nitrogens with zero attached hydrogens (tertiary/aromatic N) is 1. The summed E-state index contributed by atoms with van der Waals surface area (Å²) in [7, 11) is 3.50. The van der Waals surface area contributed by atoms with Crippen molar-refractivity contribution >= 4 is 11.7 Å². The minimum absolute atomic E-state index is 0.00431. The van der Waals surface area contributed by atoms with E-state index in [1.807, 2.05) is 31.2 Å². The average molecular weight is 222 g/mol. The number of benzene rings is 1. The number of hydrogen-bond donors (Lipinski definition) is 3. The van der Waals surface area contributed by atoms with Crippen molar-refractivity contribution < 1.29 is 4.79 Å². The molecule has 0 heterocycles. The average Bonchev–Trinajstić information content (AvgIpc) is 2.16. The third-order valence-corrected chi connectivity index (χ3v) is 2.02. The summed E-state index contributed by atoms with van der Waals surface area (Å²) >= 11 is 0. The van der Waals surface area contributed by atoms with Crippen LogP contribution in [0.5, 0.6) is 0 Å². The highest BCUT2D eigenvalue weighted by molar-refractivity contribution is 5.88. The quantitative estimate of drug-likeness (QED) is 0.675. The van der Waals surface area contributed by atoms with Crippen LogP contribution in [-0.2, 0) is 0 Å². The smallest absolute Gasteiger partial charge is 0.324 e. The molecule has 5 nitrogen and oxygen atoms in total. The second kappa shape index (κ2) is 5.48. The molecule has 2 amide bonds. The second-order valence-corrected chi connectivity index (χ2v) is 3.87. The van der Waals surface area contributed by atoms with Crippen LogP contribution in [0, 0.1) is 0 Å². The molecular formula is C11H18N4O. The maximum Gasteiger partial charge on any atom is 0.333 e. The fourth-order valence-corrected chi connectivity index (χ4v) is 1.23. The summed E-state index contributed by atoms with van der Waals surface area (Å²) in [5.74, 6) is 0. The highest BCUT2D eigenvalue weighted by Crippen LogP contribution is 2.13. The normalized spacial score (nSPS) is 12.3. The minimum atomic E-state index is -0.265. The number of rotatable bonds is 3. The SMILES string of the molecule is CC(N)c1ccc(NC(=O)NN(C)C)cc1. The number of hydrazine groups is 1. The zero-order chi connectivity index (χ0) is 12.1. The van der Waals surface area contributed by atoms with Crippen LogP contribution in [0.3, 0.4) is 0 Å². The topological polar surface area (TPSA) is 70.4 Å². The van der Waals surface area contributed by atoms with Crippen LogP contribution in [0.1, 0.15) is 18.5 Å². The summed E-state index contributed by atoms with van der Waals surface area (Å²) < 4.78 is 0. The first-order valence-corrected chi connectivity index (χ1v) is 5.09. The zero-order valence-corrected chi connectivity index (χ0v) is 9.82. The predicted molar refractivity (Wildman–Crippen MR) is 64.9 cm³/mol. The summed E-state index contributed by atoms with van der Waals surface area (Å²) in [5.41, 5.74) is 10.1. The molecule has 0 aliphatic carbocycles. The lowest BCUT2D eigenvalue weighted by atomic mass is 10.1. The van der Waals surface area contributed by atoms with Gasteiger partial charge < -0.3 is 11.1 Å². The molecule has 0 aliphatic rings. The predicted octanol–water partition coefficient (Wildman–Crippen LogP) is 1.30. The van der Waals surface area contributed by atoms with E-state index in [0.717, 1.165) is 11.3 Å². The first-order chi connectivity index (χ1) is 7.49. The first kappa shape index (κ1) is 12.5. The number of anilines is 1. The van der Waals surface area contributed by atoms with E-state index in [9.17, 15) is 4.79 Å². The molecule has 0 aliphatic heterocycles. The number of urea groups is 1. The van der Waals surface area contributed by atoms with Gasteiger partial charge in [0.15, 0.2) is 0 Å². The van der Waals surface area contributed by atoms with Crippen LogP contribution in [0.2, 0.25) is 0 Å². The van der Waals surface area contributed by atoms with Gasteiger partial charge in [-0.2, -0.15) is 0 Å². The molecule has 0 saturated carbocycles. The lowest BCUT2D eigenvalue weighted by Crippen LogP contribution is -2.39. The third kappa shape index (κ3) is 3.88. The van der Waals surface area contributed by atoms with E-state index >= 15 is 0 Å². The number of carbonyl (C=O) groups is 1. The molecule has 1 aromatic carbocycles. The Morgan fingerprint density at radius 3 is 2.31 bits per heavy atom. The van der Waals surface area contributed by atoms with Crippen LogP contribution in [0.4, 0.5) is 10.5 Å². The molecule has 0 fully saturated rings. The van der Waals surface area contributed by atoms with Gasteiger partial charge in [-0.1, -0.05) is 12.1 Å². The van der Waals surface area contributed by atoms with Crippen molar-refractivity contribution in [2.75, 3.05) is 19.4 Å². The monoisotopic (exact) mass is 222 g/mol. The van der Waals surface area contributed by atoms with E-state index in [1.54, 1.807) is 19.1 Å². The summed E-state index contributed by atoms with van der Waals surface area (Å²) in [4.78, 5) is 11.4. The van der Waals surface area contributed by atoms with E-state index in [2.05, 4.69) is 10.7 Å². The number of amides is 2. The van der Waals surface area contributed by atoms with Gasteiger partial charge >= 0.3 is 6.03 Å². The van der Waals surface area contributed by atoms with Gasteiger partial charge in [0.2, 0.25) is 0 Å². The lowest BCUT2D eigenvalue weighted by Gasteiger charge is -2.13. The molecule has 5 heteroatoms. The number of hydrogen-bond acceptors (Lipinski definition) is 3. The van der Waals surface area contributed by atoms with E-state index in [-0.39, 0.29) is 12.1 Å². The maximum absolute atomic E-state index is 11.4. The summed E-state index contributed by atoms with van der Waals surface area (Å²) in [5, 5.41) is 4.28. The Labute approximate surface area is 95.6 Å². The van der Waals surface area contributed by atoms with Gasteiger partial charge in [-0.05, 0) is 24.6 Å². The van der Waals surface area contributed by atoms with Crippen LogP contribution in [0.25, 0.3) is 0 Å². The van der Waals surface area contributed by atoms with Crippen molar-refractivity contribution in [2.24, 2.45) is 5.73 Å². The van der Waals surface area contributed by atoms with Crippen LogP contribution < -0.4 is 16.5 Å². The highest BCUT2D eigenvalue weighted by Gasteiger charge is 2.03. The fourth-order valence-electron chi connectivity index (χ4n) is 1.23. The highest BCUT2D eigenvalue weighted by atomic mass is 16.2. The minimum Gasteiger partial charge on any atom is -0.324 e. The molecule has 1 rings (SSSR count). The molecule has 1 atom stereocenters. The van der Waals surface area contributed by atoms with E-state index < -0.39 is 0 Å². The van der Waals surface area contributed by atoms with Gasteiger partial charge in [-0.3, -0.25) is 5.43 Å². The van der Waals surface area contributed by atoms with Crippen molar-refractivity contribution in [1.82, 2.24) is 10.4 Å². The Balaban J connectivity index is 2.58. The van der Waals surface area contributed by atoms with Gasteiger partial charge in [0.25, 0.3) is 0 Å². The number of nitrogens with one attached hydrogen (secondary N) is 2. The van der Waals surface area contributed by atoms with Crippen molar-refractivity contribution in [3.63, 3.8) is 0 Å². The molecule has 0 aromatic heterocycles. The van der Waals surface area contributed by atoms with Gasteiger partial charge in [-0.25, -0.2) is 9.80 Å². The molecule has 88 valence electrons. The number of carbonyl (C=O) groups excluding carboxylic acids is 1. The Hall–Kier alpha value is -1.59. The van der Waals surface area contributed by atoms with Gasteiger partial charge in [0.05, 0.1) is 0 Å². The summed E-state index contributed by atoms with van der Waals surface area (Å²) in [6.45, 7) is 1.92. The Kier molecular flexibility index (Phi) is 4.28. The van der Waals surface area contributed by atoms with Crippen LogP contribution >= 0.6 is 0 Å². The molecule has 4 N–H and O–H groups in total. The molecular weight excluding hydrogens is 204 g/mol. The van der Waals surface area contributed by atoms with Crippen molar-refractivity contribution in [3.05, 3.63) is 29.8 Å². The van der Waals surface area contributed by atoms with Crippen molar-refractivity contribution in [2.45, 2.75) is 13.0 Å². The van der Waals surface area contributed by atoms with Gasteiger partial charge in [-0.15, -0.1) is 0 Å². The van der Waals surface area contributed by atoms with Crippen LogP contribution in [-0.4, -0.2) is 25.1 Å². The third-order valence-electron chi connectivity index (χ3n) is 2.02. The Morgan fingerprint density at radius 2 is 1.88 bits per heavy atom. The van der Waals surface area contributed by atoms with Gasteiger partial charge in [0.1, 0.15) is 0 Å².